The largest absolute Gasteiger partial charge is 0.390 e. The standard InChI is InChI=1S/C9H16O2/c1-9(10,7-2-3-7)8-4-5-11-6-8/h7-8,10H,2-6H2,1H3/t8-,9+/m0/s1. The summed E-state index contributed by atoms with van der Waals surface area (Å²) in [5.74, 6) is 0.962. The van der Waals surface area contributed by atoms with Crippen molar-refractivity contribution in [1.82, 2.24) is 0 Å². The van der Waals surface area contributed by atoms with Crippen LogP contribution in [-0.4, -0.2) is 23.9 Å². The molecule has 1 N–H and O–H groups in total. The van der Waals surface area contributed by atoms with Gasteiger partial charge in [0.05, 0.1) is 12.2 Å². The van der Waals surface area contributed by atoms with Crippen LogP contribution in [-0.2, 0) is 4.74 Å². The van der Waals surface area contributed by atoms with Gasteiger partial charge in [0.1, 0.15) is 0 Å². The van der Waals surface area contributed by atoms with Gasteiger partial charge in [-0.05, 0) is 32.1 Å². The van der Waals surface area contributed by atoms with Crippen LogP contribution in [0, 0.1) is 11.8 Å². The summed E-state index contributed by atoms with van der Waals surface area (Å²) in [7, 11) is 0. The first-order valence-corrected chi connectivity index (χ1v) is 4.51. The molecule has 0 amide bonds. The molecule has 0 bridgehead atoms. The van der Waals surface area contributed by atoms with Crippen LogP contribution in [0.5, 0.6) is 0 Å². The van der Waals surface area contributed by atoms with Crippen LogP contribution in [0.4, 0.5) is 0 Å². The lowest BCUT2D eigenvalue weighted by atomic mass is 9.84. The summed E-state index contributed by atoms with van der Waals surface area (Å²) in [4.78, 5) is 0. The van der Waals surface area contributed by atoms with Crippen molar-refractivity contribution in [3.8, 4) is 0 Å². The second kappa shape index (κ2) is 2.46. The third-order valence-electron chi connectivity index (χ3n) is 3.16. The molecule has 11 heavy (non-hydrogen) atoms. The second-order valence-corrected chi connectivity index (χ2v) is 4.06. The summed E-state index contributed by atoms with van der Waals surface area (Å²) in [5.41, 5.74) is -0.434. The molecule has 2 rings (SSSR count). The van der Waals surface area contributed by atoms with Crippen molar-refractivity contribution >= 4 is 0 Å². The van der Waals surface area contributed by atoms with Crippen molar-refractivity contribution in [3.63, 3.8) is 0 Å². The van der Waals surface area contributed by atoms with Crippen LogP contribution in [0.25, 0.3) is 0 Å². The second-order valence-electron chi connectivity index (χ2n) is 4.06. The normalized spacial score (nSPS) is 37.1. The lowest BCUT2D eigenvalue weighted by Crippen LogP contribution is -2.37. The maximum Gasteiger partial charge on any atom is 0.0698 e. The molecule has 2 aliphatic rings. The summed E-state index contributed by atoms with van der Waals surface area (Å²) in [6.45, 7) is 3.58. The predicted molar refractivity (Wildman–Crippen MR) is 42.3 cm³/mol. The maximum absolute atomic E-state index is 10.1. The topological polar surface area (TPSA) is 29.5 Å². The number of rotatable bonds is 2. The molecule has 2 fully saturated rings. The van der Waals surface area contributed by atoms with Gasteiger partial charge in [-0.3, -0.25) is 0 Å². The first-order chi connectivity index (χ1) is 5.21. The van der Waals surface area contributed by atoms with Crippen LogP contribution in [0.15, 0.2) is 0 Å². The van der Waals surface area contributed by atoms with E-state index in [0.29, 0.717) is 11.8 Å². The molecule has 1 aliphatic carbocycles. The van der Waals surface area contributed by atoms with E-state index in [1.165, 1.54) is 12.8 Å². The van der Waals surface area contributed by atoms with Gasteiger partial charge in [0, 0.05) is 12.5 Å². The molecule has 1 saturated heterocycles. The fourth-order valence-electron chi connectivity index (χ4n) is 2.00. The Kier molecular flexibility index (Phi) is 1.69. The van der Waals surface area contributed by atoms with Gasteiger partial charge in [0.25, 0.3) is 0 Å². The highest BCUT2D eigenvalue weighted by molar-refractivity contribution is 4.96. The highest BCUT2D eigenvalue weighted by atomic mass is 16.5. The quantitative estimate of drug-likeness (QED) is 0.650. The molecule has 0 spiro atoms. The minimum Gasteiger partial charge on any atom is -0.390 e. The van der Waals surface area contributed by atoms with Crippen LogP contribution >= 0.6 is 0 Å². The number of aliphatic hydroxyl groups is 1. The van der Waals surface area contributed by atoms with Gasteiger partial charge in [-0.15, -0.1) is 0 Å². The lowest BCUT2D eigenvalue weighted by molar-refractivity contribution is -0.0246. The number of hydrogen-bond acceptors (Lipinski definition) is 2. The van der Waals surface area contributed by atoms with E-state index < -0.39 is 5.60 Å². The third-order valence-corrected chi connectivity index (χ3v) is 3.16. The van der Waals surface area contributed by atoms with Gasteiger partial charge in [0.15, 0.2) is 0 Å². The zero-order valence-electron chi connectivity index (χ0n) is 7.05. The zero-order valence-corrected chi connectivity index (χ0v) is 7.05. The van der Waals surface area contributed by atoms with E-state index in [-0.39, 0.29) is 0 Å². The monoisotopic (exact) mass is 156 g/mol. The van der Waals surface area contributed by atoms with E-state index in [0.717, 1.165) is 19.6 Å². The summed E-state index contributed by atoms with van der Waals surface area (Å²) >= 11 is 0. The van der Waals surface area contributed by atoms with E-state index in [4.69, 9.17) is 4.74 Å². The Hall–Kier alpha value is -0.0800. The van der Waals surface area contributed by atoms with Crippen molar-refractivity contribution in [2.75, 3.05) is 13.2 Å². The van der Waals surface area contributed by atoms with Gasteiger partial charge in [0.2, 0.25) is 0 Å². The molecular weight excluding hydrogens is 140 g/mol. The first-order valence-electron chi connectivity index (χ1n) is 4.51. The summed E-state index contributed by atoms with van der Waals surface area (Å²) in [5, 5.41) is 10.1. The summed E-state index contributed by atoms with van der Waals surface area (Å²) < 4.78 is 5.26. The molecule has 1 saturated carbocycles. The van der Waals surface area contributed by atoms with Crippen molar-refractivity contribution in [2.45, 2.75) is 31.8 Å². The van der Waals surface area contributed by atoms with E-state index in [1.54, 1.807) is 0 Å². The zero-order chi connectivity index (χ0) is 7.90. The maximum atomic E-state index is 10.1. The van der Waals surface area contributed by atoms with Crippen molar-refractivity contribution in [1.29, 1.82) is 0 Å². The Morgan fingerprint density at radius 2 is 2.00 bits per heavy atom. The first kappa shape index (κ1) is 7.56. The SMILES string of the molecule is C[C@@](O)(C1CC1)[C@H]1CCOC1. The Morgan fingerprint density at radius 3 is 2.45 bits per heavy atom. The van der Waals surface area contributed by atoms with Crippen molar-refractivity contribution < 1.29 is 9.84 Å². The fourth-order valence-corrected chi connectivity index (χ4v) is 2.00. The Labute approximate surface area is 67.6 Å². The molecule has 0 aromatic heterocycles. The molecule has 0 radical (unpaired) electrons. The highest BCUT2D eigenvalue weighted by Gasteiger charge is 2.46. The molecule has 2 atom stereocenters. The van der Waals surface area contributed by atoms with E-state index >= 15 is 0 Å². The van der Waals surface area contributed by atoms with Crippen LogP contribution in [0.1, 0.15) is 26.2 Å². The van der Waals surface area contributed by atoms with Crippen LogP contribution < -0.4 is 0 Å². The number of ether oxygens (including phenoxy) is 1. The predicted octanol–water partition coefficient (Wildman–Crippen LogP) is 1.18. The average Bonchev–Trinajstić information content (AvgIpc) is 2.66. The van der Waals surface area contributed by atoms with Crippen LogP contribution in [0.3, 0.4) is 0 Å². The molecule has 0 aromatic carbocycles. The molecule has 0 aromatic rings. The Morgan fingerprint density at radius 1 is 1.27 bits per heavy atom. The number of hydrogen-bond donors (Lipinski definition) is 1. The molecule has 64 valence electrons. The minimum absolute atomic E-state index is 0.398. The smallest absolute Gasteiger partial charge is 0.0698 e. The summed E-state index contributed by atoms with van der Waals surface area (Å²) in [6, 6.07) is 0. The molecule has 1 heterocycles. The molecular formula is C9H16O2. The van der Waals surface area contributed by atoms with Gasteiger partial charge < -0.3 is 9.84 Å². The van der Waals surface area contributed by atoms with Crippen molar-refractivity contribution in [2.24, 2.45) is 11.8 Å². The molecule has 2 nitrogen and oxygen atoms in total. The minimum atomic E-state index is -0.434. The fraction of sp³-hybridized carbons (Fsp3) is 1.00. The van der Waals surface area contributed by atoms with E-state index in [2.05, 4.69) is 0 Å². The van der Waals surface area contributed by atoms with Gasteiger partial charge in [-0.25, -0.2) is 0 Å². The van der Waals surface area contributed by atoms with Gasteiger partial charge in [-0.1, -0.05) is 0 Å². The third kappa shape index (κ3) is 1.30. The van der Waals surface area contributed by atoms with Crippen LogP contribution in [0.2, 0.25) is 0 Å². The average molecular weight is 156 g/mol. The van der Waals surface area contributed by atoms with E-state index in [9.17, 15) is 5.11 Å². The Bertz CT molecular complexity index is 144. The molecule has 2 heteroatoms. The highest BCUT2D eigenvalue weighted by Crippen LogP contribution is 2.45. The van der Waals surface area contributed by atoms with Gasteiger partial charge in [-0.2, -0.15) is 0 Å². The van der Waals surface area contributed by atoms with Gasteiger partial charge >= 0.3 is 0 Å². The Balaban J connectivity index is 1.99. The van der Waals surface area contributed by atoms with E-state index in [1.807, 2.05) is 6.92 Å². The molecule has 1 aliphatic heterocycles. The van der Waals surface area contributed by atoms with Crippen molar-refractivity contribution in [3.05, 3.63) is 0 Å². The lowest BCUT2D eigenvalue weighted by Gasteiger charge is -2.28. The summed E-state index contributed by atoms with van der Waals surface area (Å²) in [6.07, 6.45) is 3.47. The molecule has 0 unspecified atom stereocenters.